The Balaban J connectivity index is 1.69. The quantitative estimate of drug-likeness (QED) is 0.389. The Hall–Kier alpha value is -3.78. The van der Waals surface area contributed by atoms with Crippen molar-refractivity contribution in [3.63, 3.8) is 0 Å². The predicted molar refractivity (Wildman–Crippen MR) is 130 cm³/mol. The second-order valence-corrected chi connectivity index (χ2v) is 9.02. The highest BCUT2D eigenvalue weighted by Gasteiger charge is 2.44. The largest absolute Gasteiger partial charge is 0.462 e. The highest BCUT2D eigenvalue weighted by atomic mass is 32.1. The number of nitrogens with zero attached hydrogens (tertiary/aromatic N) is 1. The number of hydrogen-bond acceptors (Lipinski definition) is 6. The molecule has 0 saturated carbocycles. The van der Waals surface area contributed by atoms with E-state index in [4.69, 9.17) is 4.74 Å². The van der Waals surface area contributed by atoms with E-state index >= 15 is 0 Å². The maximum absolute atomic E-state index is 13.5. The predicted octanol–water partition coefficient (Wildman–Crippen LogP) is 4.85. The smallest absolute Gasteiger partial charge is 0.341 e. The summed E-state index contributed by atoms with van der Waals surface area (Å²) in [7, 11) is 0. The lowest BCUT2D eigenvalue weighted by molar-refractivity contribution is -0.121. The lowest BCUT2D eigenvalue weighted by Gasteiger charge is -2.28. The molecule has 1 aliphatic rings. The van der Waals surface area contributed by atoms with Crippen LogP contribution in [0.3, 0.4) is 0 Å². The number of hydrogen-bond donors (Lipinski definition) is 1. The van der Waals surface area contributed by atoms with Gasteiger partial charge in [-0.05, 0) is 30.5 Å². The molecule has 4 rings (SSSR count). The van der Waals surface area contributed by atoms with Crippen molar-refractivity contribution >= 4 is 40.0 Å². The standard InChI is InChI=1S/C26H24N2O5S/c1-4-33-26(32)20-19(16-10-6-5-7-11-16)14-34-23(20)27-22(29)21(15(2)3)28-24(30)17-12-8-9-13-18(17)25(28)31/h5-15,21H,4H2,1-3H3,(H,27,29). The highest BCUT2D eigenvalue weighted by Crippen LogP contribution is 2.37. The van der Waals surface area contributed by atoms with Crippen molar-refractivity contribution in [2.45, 2.75) is 26.8 Å². The van der Waals surface area contributed by atoms with E-state index in [0.717, 1.165) is 10.5 Å². The summed E-state index contributed by atoms with van der Waals surface area (Å²) >= 11 is 1.19. The van der Waals surface area contributed by atoms with Gasteiger partial charge in [-0.1, -0.05) is 56.3 Å². The number of rotatable bonds is 7. The fourth-order valence-electron chi connectivity index (χ4n) is 4.05. The molecule has 1 N–H and O–H groups in total. The molecule has 0 aliphatic carbocycles. The van der Waals surface area contributed by atoms with Crippen molar-refractivity contribution < 1.29 is 23.9 Å². The van der Waals surface area contributed by atoms with Crippen molar-refractivity contribution in [2.24, 2.45) is 5.92 Å². The molecule has 1 atom stereocenters. The molecule has 0 spiro atoms. The average Bonchev–Trinajstić information content (AvgIpc) is 3.35. The topological polar surface area (TPSA) is 92.8 Å². The van der Waals surface area contributed by atoms with E-state index in [1.165, 1.54) is 11.3 Å². The van der Waals surface area contributed by atoms with Gasteiger partial charge in [0.05, 0.1) is 17.7 Å². The number of carbonyl (C=O) groups excluding carboxylic acids is 4. The number of anilines is 1. The number of thiophene rings is 1. The Morgan fingerprint density at radius 3 is 2.09 bits per heavy atom. The number of imide groups is 1. The molecule has 0 saturated heterocycles. The van der Waals surface area contributed by atoms with E-state index in [9.17, 15) is 19.2 Å². The minimum atomic E-state index is -1.05. The first kappa shape index (κ1) is 23.4. The SMILES string of the molecule is CCOC(=O)c1c(-c2ccccc2)csc1NC(=O)C(C(C)C)N1C(=O)c2ccccc2C1=O. The van der Waals surface area contributed by atoms with E-state index in [1.54, 1.807) is 50.4 Å². The van der Waals surface area contributed by atoms with E-state index in [2.05, 4.69) is 5.32 Å². The van der Waals surface area contributed by atoms with E-state index in [1.807, 2.05) is 30.3 Å². The summed E-state index contributed by atoms with van der Waals surface area (Å²) in [6.07, 6.45) is 0. The molecule has 1 aromatic heterocycles. The molecule has 0 fully saturated rings. The first-order chi connectivity index (χ1) is 16.3. The molecule has 1 aliphatic heterocycles. The van der Waals surface area contributed by atoms with Crippen LogP contribution in [0, 0.1) is 5.92 Å². The molecule has 7 nitrogen and oxygen atoms in total. The van der Waals surface area contributed by atoms with Crippen LogP contribution in [0.2, 0.25) is 0 Å². The lowest BCUT2D eigenvalue weighted by atomic mass is 10.0. The fraction of sp³-hybridized carbons (Fsp3) is 0.231. The van der Waals surface area contributed by atoms with Crippen molar-refractivity contribution in [3.05, 3.63) is 76.7 Å². The first-order valence-corrected chi connectivity index (χ1v) is 11.8. The maximum atomic E-state index is 13.5. The molecule has 1 unspecified atom stereocenters. The first-order valence-electron chi connectivity index (χ1n) is 11.0. The molecule has 0 bridgehead atoms. The number of nitrogens with one attached hydrogen (secondary N) is 1. The summed E-state index contributed by atoms with van der Waals surface area (Å²) in [6.45, 7) is 5.43. The number of ether oxygens (including phenoxy) is 1. The van der Waals surface area contributed by atoms with Gasteiger partial charge in [-0.3, -0.25) is 19.3 Å². The Labute approximate surface area is 201 Å². The third kappa shape index (κ3) is 4.12. The summed E-state index contributed by atoms with van der Waals surface area (Å²) in [5.74, 6) is -2.47. The lowest BCUT2D eigenvalue weighted by Crippen LogP contribution is -2.50. The van der Waals surface area contributed by atoms with E-state index in [-0.39, 0.29) is 29.2 Å². The third-order valence-corrected chi connectivity index (χ3v) is 6.49. The molecule has 3 amide bonds. The maximum Gasteiger partial charge on any atom is 0.341 e. The zero-order chi connectivity index (χ0) is 24.4. The van der Waals surface area contributed by atoms with Crippen molar-refractivity contribution in [1.82, 2.24) is 4.90 Å². The molecular formula is C26H24N2O5S. The van der Waals surface area contributed by atoms with E-state index in [0.29, 0.717) is 10.6 Å². The molecule has 2 heterocycles. The van der Waals surface area contributed by atoms with Gasteiger partial charge in [0.25, 0.3) is 11.8 Å². The van der Waals surface area contributed by atoms with Gasteiger partial charge in [-0.2, -0.15) is 0 Å². The van der Waals surface area contributed by atoms with Crippen LogP contribution in [-0.2, 0) is 9.53 Å². The van der Waals surface area contributed by atoms with Crippen LogP contribution >= 0.6 is 11.3 Å². The van der Waals surface area contributed by atoms with Gasteiger partial charge in [-0.25, -0.2) is 4.79 Å². The van der Waals surface area contributed by atoms with Crippen molar-refractivity contribution in [2.75, 3.05) is 11.9 Å². The third-order valence-electron chi connectivity index (χ3n) is 5.60. The van der Waals surface area contributed by atoms with E-state index < -0.39 is 29.7 Å². The summed E-state index contributed by atoms with van der Waals surface area (Å²) in [5.41, 5.74) is 2.25. The molecule has 174 valence electrons. The second-order valence-electron chi connectivity index (χ2n) is 8.14. The molecule has 2 aromatic carbocycles. The van der Waals surface area contributed by atoms with Gasteiger partial charge in [0, 0.05) is 10.9 Å². The Bertz CT molecular complexity index is 1230. The molecule has 3 aromatic rings. The van der Waals surface area contributed by atoms with Crippen molar-refractivity contribution in [1.29, 1.82) is 0 Å². The van der Waals surface area contributed by atoms with Crippen LogP contribution in [0.5, 0.6) is 0 Å². The van der Waals surface area contributed by atoms with Crippen LogP contribution < -0.4 is 5.32 Å². The van der Waals surface area contributed by atoms with Gasteiger partial charge in [0.15, 0.2) is 0 Å². The normalized spacial score (nSPS) is 13.7. The summed E-state index contributed by atoms with van der Waals surface area (Å²) in [5, 5.41) is 4.89. The second kappa shape index (κ2) is 9.61. The van der Waals surface area contributed by atoms with Crippen LogP contribution in [0.1, 0.15) is 51.8 Å². The number of fused-ring (bicyclic) bond motifs is 1. The zero-order valence-electron chi connectivity index (χ0n) is 19.0. The Morgan fingerprint density at radius 2 is 1.53 bits per heavy atom. The number of amides is 3. The Morgan fingerprint density at radius 1 is 0.941 bits per heavy atom. The van der Waals surface area contributed by atoms with Gasteiger partial charge in [0.2, 0.25) is 5.91 Å². The summed E-state index contributed by atoms with van der Waals surface area (Å²) in [4.78, 5) is 53.3. The molecule has 0 radical (unpaired) electrons. The van der Waals surface area contributed by atoms with Gasteiger partial charge >= 0.3 is 5.97 Å². The summed E-state index contributed by atoms with van der Waals surface area (Å²) in [6, 6.07) is 14.8. The molecule has 34 heavy (non-hydrogen) atoms. The molecular weight excluding hydrogens is 452 g/mol. The van der Waals surface area contributed by atoms with Crippen LogP contribution in [0.4, 0.5) is 5.00 Å². The van der Waals surface area contributed by atoms with Crippen LogP contribution in [-0.4, -0.2) is 41.2 Å². The van der Waals surface area contributed by atoms with Gasteiger partial charge in [-0.15, -0.1) is 11.3 Å². The number of esters is 1. The van der Waals surface area contributed by atoms with Gasteiger partial charge in [0.1, 0.15) is 16.6 Å². The summed E-state index contributed by atoms with van der Waals surface area (Å²) < 4.78 is 5.25. The van der Waals surface area contributed by atoms with Crippen LogP contribution in [0.15, 0.2) is 60.0 Å². The monoisotopic (exact) mass is 476 g/mol. The average molecular weight is 477 g/mol. The Kier molecular flexibility index (Phi) is 6.61. The van der Waals surface area contributed by atoms with Gasteiger partial charge < -0.3 is 10.1 Å². The fourth-order valence-corrected chi connectivity index (χ4v) is 5.01. The highest BCUT2D eigenvalue weighted by molar-refractivity contribution is 7.15. The number of carbonyl (C=O) groups is 4. The van der Waals surface area contributed by atoms with Crippen LogP contribution in [0.25, 0.3) is 11.1 Å². The number of benzene rings is 2. The molecule has 8 heteroatoms. The minimum Gasteiger partial charge on any atom is -0.462 e. The van der Waals surface area contributed by atoms with Crippen molar-refractivity contribution in [3.8, 4) is 11.1 Å². The minimum absolute atomic E-state index is 0.181. The zero-order valence-corrected chi connectivity index (χ0v) is 19.8.